The maximum Gasteiger partial charge on any atom is 0.313 e. The van der Waals surface area contributed by atoms with E-state index in [0.29, 0.717) is 18.4 Å². The molecule has 27 heavy (non-hydrogen) atoms. The predicted octanol–water partition coefficient (Wildman–Crippen LogP) is 1.36. The van der Waals surface area contributed by atoms with E-state index in [9.17, 15) is 19.8 Å². The summed E-state index contributed by atoms with van der Waals surface area (Å²) in [4.78, 5) is 25.0. The molecule has 1 aromatic heterocycles. The lowest BCUT2D eigenvalue weighted by atomic mass is 9.45. The van der Waals surface area contributed by atoms with Crippen LogP contribution in [0.15, 0.2) is 35.2 Å². The fourth-order valence-electron chi connectivity index (χ4n) is 6.26. The molecular weight excluding hydrogens is 352 g/mol. The number of hydrogen-bond donors (Lipinski definition) is 2. The van der Waals surface area contributed by atoms with Crippen molar-refractivity contribution in [1.29, 1.82) is 0 Å². The number of carbonyl (C=O) groups excluding carboxylic acids is 2. The van der Waals surface area contributed by atoms with Crippen LogP contribution in [0.2, 0.25) is 0 Å². The number of fused-ring (bicyclic) bond motifs is 2. The molecular formula is C20H22O7. The summed E-state index contributed by atoms with van der Waals surface area (Å²) in [7, 11) is 0. The topological polar surface area (TPSA) is 106 Å². The first-order valence-electron chi connectivity index (χ1n) is 9.33. The fraction of sp³-hybridized carbons (Fsp3) is 0.600. The SMILES string of the molecule is C[C@]12[C@H](CC[C@@]34COC(=O)[C@@H]3C=C[C@@H](O)[C@@H]41)C(=O)O[C@H]2[C@@H](O)c1ccoc1. The summed E-state index contributed by atoms with van der Waals surface area (Å²) < 4.78 is 16.1. The van der Waals surface area contributed by atoms with Crippen molar-refractivity contribution in [2.45, 2.75) is 38.1 Å². The van der Waals surface area contributed by atoms with Gasteiger partial charge >= 0.3 is 11.9 Å². The highest BCUT2D eigenvalue weighted by molar-refractivity contribution is 5.80. The number of aliphatic hydroxyl groups is 2. The lowest BCUT2D eigenvalue weighted by Gasteiger charge is -2.56. The van der Waals surface area contributed by atoms with Crippen LogP contribution in [-0.2, 0) is 19.1 Å². The third-order valence-corrected chi connectivity index (χ3v) is 7.45. The Bertz CT molecular complexity index is 814. The van der Waals surface area contributed by atoms with E-state index in [0.717, 1.165) is 0 Å². The Labute approximate surface area is 155 Å². The normalized spacial score (nSPS) is 46.3. The van der Waals surface area contributed by atoms with Crippen LogP contribution in [0.25, 0.3) is 0 Å². The van der Waals surface area contributed by atoms with Gasteiger partial charge in [0.05, 0.1) is 37.1 Å². The Morgan fingerprint density at radius 1 is 1.26 bits per heavy atom. The van der Waals surface area contributed by atoms with Crippen molar-refractivity contribution in [1.82, 2.24) is 0 Å². The molecule has 2 N–H and O–H groups in total. The van der Waals surface area contributed by atoms with Crippen LogP contribution in [-0.4, -0.2) is 41.0 Å². The molecule has 1 aromatic rings. The monoisotopic (exact) mass is 374 g/mol. The van der Waals surface area contributed by atoms with Gasteiger partial charge in [-0.15, -0.1) is 0 Å². The third-order valence-electron chi connectivity index (χ3n) is 7.45. The van der Waals surface area contributed by atoms with E-state index in [4.69, 9.17) is 13.9 Å². The van der Waals surface area contributed by atoms with E-state index >= 15 is 0 Å². The smallest absolute Gasteiger partial charge is 0.313 e. The molecule has 1 spiro atoms. The number of furan rings is 1. The molecule has 5 rings (SSSR count). The number of cyclic esters (lactones) is 2. The molecule has 4 aliphatic rings. The molecule has 2 saturated heterocycles. The van der Waals surface area contributed by atoms with Crippen molar-refractivity contribution in [3.05, 3.63) is 36.3 Å². The molecule has 2 aliphatic heterocycles. The van der Waals surface area contributed by atoms with E-state index in [1.54, 1.807) is 18.2 Å². The molecule has 144 valence electrons. The minimum Gasteiger partial charge on any atom is -0.472 e. The van der Waals surface area contributed by atoms with Crippen LogP contribution in [0.1, 0.15) is 31.4 Å². The fourth-order valence-corrected chi connectivity index (χ4v) is 6.26. The lowest BCUT2D eigenvalue weighted by Crippen LogP contribution is -2.61. The summed E-state index contributed by atoms with van der Waals surface area (Å²) in [6.07, 6.45) is 4.60. The van der Waals surface area contributed by atoms with Crippen LogP contribution < -0.4 is 0 Å². The van der Waals surface area contributed by atoms with Crippen molar-refractivity contribution in [3.8, 4) is 0 Å². The molecule has 0 unspecified atom stereocenters. The largest absolute Gasteiger partial charge is 0.472 e. The minimum atomic E-state index is -1.08. The summed E-state index contributed by atoms with van der Waals surface area (Å²) in [5, 5.41) is 21.9. The lowest BCUT2D eigenvalue weighted by molar-refractivity contribution is -0.157. The molecule has 1 saturated carbocycles. The zero-order chi connectivity index (χ0) is 19.0. The Hall–Kier alpha value is -2.12. The van der Waals surface area contributed by atoms with Gasteiger partial charge in [-0.2, -0.15) is 0 Å². The van der Waals surface area contributed by atoms with Crippen molar-refractivity contribution >= 4 is 11.9 Å². The maximum atomic E-state index is 12.7. The van der Waals surface area contributed by atoms with Gasteiger partial charge in [0.25, 0.3) is 0 Å². The van der Waals surface area contributed by atoms with Gasteiger partial charge in [0.15, 0.2) is 0 Å². The minimum absolute atomic E-state index is 0.216. The molecule has 2 aliphatic carbocycles. The Balaban J connectivity index is 1.64. The standard InChI is InChI=1S/C20H22O7/c1-19-11(18(24)27-16(19)14(22)10-5-7-25-8-10)4-6-20-9-26-17(23)12(20)2-3-13(21)15(19)20/h2-3,5,7-8,11-16,21-22H,4,6,9H2,1H3/t11-,12+,13-,14+,15-,16+,19+,20-/m1/s1. The molecule has 8 atom stereocenters. The first-order valence-corrected chi connectivity index (χ1v) is 9.33. The van der Waals surface area contributed by atoms with Gasteiger partial charge in [-0.05, 0) is 18.9 Å². The summed E-state index contributed by atoms with van der Waals surface area (Å²) in [6, 6.07) is 1.63. The number of aliphatic hydroxyl groups excluding tert-OH is 2. The first-order chi connectivity index (χ1) is 12.9. The number of esters is 2. The van der Waals surface area contributed by atoms with E-state index in [2.05, 4.69) is 0 Å². The van der Waals surface area contributed by atoms with E-state index in [1.807, 2.05) is 6.92 Å². The summed E-state index contributed by atoms with van der Waals surface area (Å²) in [5.41, 5.74) is -0.910. The highest BCUT2D eigenvalue weighted by Crippen LogP contribution is 2.67. The Kier molecular flexibility index (Phi) is 3.44. The molecule has 3 heterocycles. The van der Waals surface area contributed by atoms with Crippen LogP contribution in [0.5, 0.6) is 0 Å². The number of carbonyl (C=O) groups is 2. The van der Waals surface area contributed by atoms with E-state index in [-0.39, 0.29) is 18.5 Å². The van der Waals surface area contributed by atoms with Crippen LogP contribution in [0.4, 0.5) is 0 Å². The van der Waals surface area contributed by atoms with Gasteiger partial charge in [0.2, 0.25) is 0 Å². The number of hydrogen-bond acceptors (Lipinski definition) is 7. The van der Waals surface area contributed by atoms with Gasteiger partial charge in [-0.3, -0.25) is 9.59 Å². The maximum absolute atomic E-state index is 12.7. The Morgan fingerprint density at radius 3 is 2.81 bits per heavy atom. The average molecular weight is 374 g/mol. The quantitative estimate of drug-likeness (QED) is 0.595. The summed E-state index contributed by atoms with van der Waals surface area (Å²) in [6.45, 7) is 2.11. The van der Waals surface area contributed by atoms with Crippen molar-refractivity contribution in [2.24, 2.45) is 28.6 Å². The predicted molar refractivity (Wildman–Crippen MR) is 89.9 cm³/mol. The average Bonchev–Trinajstić information content (AvgIpc) is 3.33. The van der Waals surface area contributed by atoms with Gasteiger partial charge in [0, 0.05) is 22.3 Å². The highest BCUT2D eigenvalue weighted by Gasteiger charge is 2.72. The number of rotatable bonds is 2. The molecule has 0 amide bonds. The molecule has 3 fully saturated rings. The van der Waals surface area contributed by atoms with Gasteiger partial charge in [-0.1, -0.05) is 19.1 Å². The number of ether oxygens (including phenoxy) is 2. The molecule has 0 bridgehead atoms. The third kappa shape index (κ3) is 1.99. The van der Waals surface area contributed by atoms with Crippen molar-refractivity contribution < 1.29 is 33.7 Å². The zero-order valence-corrected chi connectivity index (χ0v) is 14.9. The Morgan fingerprint density at radius 2 is 2.07 bits per heavy atom. The highest BCUT2D eigenvalue weighted by atomic mass is 16.6. The second-order valence-corrected chi connectivity index (χ2v) is 8.49. The van der Waals surface area contributed by atoms with E-state index in [1.165, 1.54) is 12.5 Å². The van der Waals surface area contributed by atoms with Crippen molar-refractivity contribution in [2.75, 3.05) is 6.61 Å². The summed E-state index contributed by atoms with van der Waals surface area (Å²) in [5.74, 6) is -1.97. The first kappa shape index (κ1) is 17.0. The van der Waals surface area contributed by atoms with Crippen molar-refractivity contribution in [3.63, 3.8) is 0 Å². The van der Waals surface area contributed by atoms with Crippen LogP contribution in [0, 0.1) is 28.6 Å². The summed E-state index contributed by atoms with van der Waals surface area (Å²) >= 11 is 0. The zero-order valence-electron chi connectivity index (χ0n) is 14.9. The second kappa shape index (κ2) is 5.45. The molecule has 7 heteroatoms. The van der Waals surface area contributed by atoms with Gasteiger partial charge in [-0.25, -0.2) is 0 Å². The second-order valence-electron chi connectivity index (χ2n) is 8.49. The van der Waals surface area contributed by atoms with Crippen LogP contribution >= 0.6 is 0 Å². The van der Waals surface area contributed by atoms with Gasteiger partial charge < -0.3 is 24.1 Å². The van der Waals surface area contributed by atoms with Gasteiger partial charge in [0.1, 0.15) is 12.2 Å². The van der Waals surface area contributed by atoms with Crippen LogP contribution in [0.3, 0.4) is 0 Å². The molecule has 7 nitrogen and oxygen atoms in total. The molecule has 0 aromatic carbocycles. The molecule has 0 radical (unpaired) electrons. The van der Waals surface area contributed by atoms with E-state index < -0.39 is 46.9 Å².